The second kappa shape index (κ2) is 5.38. The minimum atomic E-state index is -0.874. The van der Waals surface area contributed by atoms with E-state index in [0.29, 0.717) is 4.88 Å². The first-order chi connectivity index (χ1) is 6.63. The van der Waals surface area contributed by atoms with E-state index in [9.17, 15) is 4.79 Å². The highest BCUT2D eigenvalue weighted by Gasteiger charge is 2.08. The summed E-state index contributed by atoms with van der Waals surface area (Å²) in [5, 5.41) is 17.7. The van der Waals surface area contributed by atoms with Gasteiger partial charge in [-0.2, -0.15) is 11.8 Å². The van der Waals surface area contributed by atoms with Gasteiger partial charge in [0.2, 0.25) is 0 Å². The van der Waals surface area contributed by atoms with Crippen LogP contribution in [-0.4, -0.2) is 28.0 Å². The SMILES string of the molecule is CC(CO)SCc1ccc(C(=O)O)s1. The Bertz CT molecular complexity index is 309. The van der Waals surface area contributed by atoms with Crippen LogP contribution in [0, 0.1) is 0 Å². The first-order valence-electron chi connectivity index (χ1n) is 4.18. The van der Waals surface area contributed by atoms with Crippen LogP contribution >= 0.6 is 23.1 Å². The topological polar surface area (TPSA) is 57.5 Å². The molecule has 0 aliphatic heterocycles. The van der Waals surface area contributed by atoms with Crippen LogP contribution in [0.3, 0.4) is 0 Å². The van der Waals surface area contributed by atoms with E-state index in [1.165, 1.54) is 11.3 Å². The lowest BCUT2D eigenvalue weighted by molar-refractivity contribution is 0.0702. The quantitative estimate of drug-likeness (QED) is 0.816. The Morgan fingerprint density at radius 3 is 2.86 bits per heavy atom. The fourth-order valence-electron chi connectivity index (χ4n) is 0.848. The molecule has 0 fully saturated rings. The Hall–Kier alpha value is -0.520. The first kappa shape index (κ1) is 11.6. The maximum absolute atomic E-state index is 10.6. The number of hydrogen-bond acceptors (Lipinski definition) is 4. The molecule has 1 aromatic rings. The third kappa shape index (κ3) is 3.32. The summed E-state index contributed by atoms with van der Waals surface area (Å²) in [5.41, 5.74) is 0. The van der Waals surface area contributed by atoms with Crippen LogP contribution in [0.5, 0.6) is 0 Å². The molecule has 78 valence electrons. The molecule has 1 rings (SSSR count). The van der Waals surface area contributed by atoms with Crippen LogP contribution in [0.25, 0.3) is 0 Å². The van der Waals surface area contributed by atoms with Crippen LogP contribution in [0.1, 0.15) is 21.5 Å². The van der Waals surface area contributed by atoms with Crippen molar-refractivity contribution in [2.45, 2.75) is 17.9 Å². The number of aliphatic hydroxyl groups is 1. The number of thioether (sulfide) groups is 1. The number of aromatic carboxylic acids is 1. The van der Waals surface area contributed by atoms with Crippen molar-refractivity contribution < 1.29 is 15.0 Å². The predicted octanol–water partition coefficient (Wildman–Crippen LogP) is 2.06. The van der Waals surface area contributed by atoms with Gasteiger partial charge in [-0.15, -0.1) is 11.3 Å². The summed E-state index contributed by atoms with van der Waals surface area (Å²) in [4.78, 5) is 12.0. The van der Waals surface area contributed by atoms with Crippen LogP contribution in [-0.2, 0) is 5.75 Å². The summed E-state index contributed by atoms with van der Waals surface area (Å²) in [7, 11) is 0. The molecule has 1 atom stereocenters. The molecule has 1 unspecified atom stereocenters. The highest BCUT2D eigenvalue weighted by atomic mass is 32.2. The molecule has 1 heterocycles. The molecule has 3 nitrogen and oxygen atoms in total. The molecule has 0 amide bonds. The molecule has 0 bridgehead atoms. The van der Waals surface area contributed by atoms with Crippen molar-refractivity contribution in [3.63, 3.8) is 0 Å². The van der Waals surface area contributed by atoms with Gasteiger partial charge in [0.05, 0.1) is 6.61 Å². The molecule has 0 radical (unpaired) electrons. The fourth-order valence-corrected chi connectivity index (χ4v) is 2.58. The van der Waals surface area contributed by atoms with Crippen molar-refractivity contribution in [3.05, 3.63) is 21.9 Å². The maximum atomic E-state index is 10.6. The molecular formula is C9H12O3S2. The standard InChI is InChI=1S/C9H12O3S2/c1-6(4-10)13-5-7-2-3-8(14-7)9(11)12/h2-3,6,10H,4-5H2,1H3,(H,11,12). The lowest BCUT2D eigenvalue weighted by Crippen LogP contribution is -2.01. The number of hydrogen-bond donors (Lipinski definition) is 2. The van der Waals surface area contributed by atoms with Crippen LogP contribution < -0.4 is 0 Å². The van der Waals surface area contributed by atoms with Crippen molar-refractivity contribution in [1.82, 2.24) is 0 Å². The molecular weight excluding hydrogens is 220 g/mol. The van der Waals surface area contributed by atoms with E-state index in [-0.39, 0.29) is 11.9 Å². The zero-order valence-corrected chi connectivity index (χ0v) is 9.40. The second-order valence-electron chi connectivity index (χ2n) is 2.88. The Balaban J connectivity index is 2.48. The Labute approximate surface area is 90.8 Å². The molecule has 0 aromatic carbocycles. The van der Waals surface area contributed by atoms with E-state index in [0.717, 1.165) is 10.6 Å². The van der Waals surface area contributed by atoms with Gasteiger partial charge in [-0.3, -0.25) is 0 Å². The van der Waals surface area contributed by atoms with E-state index >= 15 is 0 Å². The Morgan fingerprint density at radius 2 is 2.36 bits per heavy atom. The predicted molar refractivity (Wildman–Crippen MR) is 59.1 cm³/mol. The van der Waals surface area contributed by atoms with Gasteiger partial charge in [-0.25, -0.2) is 4.79 Å². The number of aliphatic hydroxyl groups excluding tert-OH is 1. The van der Waals surface area contributed by atoms with E-state index in [1.807, 2.05) is 13.0 Å². The van der Waals surface area contributed by atoms with Gasteiger partial charge in [-0.05, 0) is 12.1 Å². The molecule has 0 saturated heterocycles. The average molecular weight is 232 g/mol. The first-order valence-corrected chi connectivity index (χ1v) is 6.04. The van der Waals surface area contributed by atoms with Crippen LogP contribution in [0.15, 0.2) is 12.1 Å². The minimum Gasteiger partial charge on any atom is -0.477 e. The van der Waals surface area contributed by atoms with Gasteiger partial charge in [0.25, 0.3) is 0 Å². The van der Waals surface area contributed by atoms with Crippen molar-refractivity contribution in [3.8, 4) is 0 Å². The number of carboxylic acids is 1. The summed E-state index contributed by atoms with van der Waals surface area (Å²) < 4.78 is 0. The van der Waals surface area contributed by atoms with Crippen molar-refractivity contribution in [2.24, 2.45) is 0 Å². The van der Waals surface area contributed by atoms with E-state index in [1.54, 1.807) is 17.8 Å². The lowest BCUT2D eigenvalue weighted by Gasteiger charge is -2.04. The van der Waals surface area contributed by atoms with E-state index in [2.05, 4.69) is 0 Å². The summed E-state index contributed by atoms with van der Waals surface area (Å²) in [5.74, 6) is -0.110. The third-order valence-electron chi connectivity index (χ3n) is 1.64. The molecule has 0 aliphatic rings. The maximum Gasteiger partial charge on any atom is 0.345 e. The molecule has 14 heavy (non-hydrogen) atoms. The number of carboxylic acid groups (broad SMARTS) is 1. The van der Waals surface area contributed by atoms with Gasteiger partial charge in [-0.1, -0.05) is 6.92 Å². The smallest absolute Gasteiger partial charge is 0.345 e. The zero-order valence-electron chi connectivity index (χ0n) is 7.77. The van der Waals surface area contributed by atoms with Gasteiger partial charge in [0.1, 0.15) is 4.88 Å². The van der Waals surface area contributed by atoms with Crippen LogP contribution in [0.2, 0.25) is 0 Å². The normalized spacial score (nSPS) is 12.7. The molecule has 2 N–H and O–H groups in total. The fraction of sp³-hybridized carbons (Fsp3) is 0.444. The molecule has 0 saturated carbocycles. The monoisotopic (exact) mass is 232 g/mol. The largest absolute Gasteiger partial charge is 0.477 e. The molecule has 1 aromatic heterocycles. The van der Waals surface area contributed by atoms with Crippen molar-refractivity contribution in [1.29, 1.82) is 0 Å². The molecule has 5 heteroatoms. The van der Waals surface area contributed by atoms with Crippen LogP contribution in [0.4, 0.5) is 0 Å². The number of carbonyl (C=O) groups is 1. The number of thiophene rings is 1. The van der Waals surface area contributed by atoms with Gasteiger partial charge in [0, 0.05) is 15.9 Å². The van der Waals surface area contributed by atoms with E-state index in [4.69, 9.17) is 10.2 Å². The van der Waals surface area contributed by atoms with Crippen molar-refractivity contribution >= 4 is 29.1 Å². The molecule has 0 spiro atoms. The minimum absolute atomic E-state index is 0.155. The van der Waals surface area contributed by atoms with Gasteiger partial charge >= 0.3 is 5.97 Å². The Kier molecular flexibility index (Phi) is 4.44. The third-order valence-corrected chi connectivity index (χ3v) is 4.09. The highest BCUT2D eigenvalue weighted by Crippen LogP contribution is 2.23. The zero-order chi connectivity index (χ0) is 10.6. The second-order valence-corrected chi connectivity index (χ2v) is 5.47. The van der Waals surface area contributed by atoms with Gasteiger partial charge in [0.15, 0.2) is 0 Å². The molecule has 0 aliphatic carbocycles. The highest BCUT2D eigenvalue weighted by molar-refractivity contribution is 7.99. The summed E-state index contributed by atoms with van der Waals surface area (Å²) in [6.07, 6.45) is 0. The summed E-state index contributed by atoms with van der Waals surface area (Å²) >= 11 is 2.91. The lowest BCUT2D eigenvalue weighted by atomic mass is 10.4. The average Bonchev–Trinajstić information content (AvgIpc) is 2.62. The Morgan fingerprint density at radius 1 is 1.64 bits per heavy atom. The number of rotatable bonds is 5. The summed E-state index contributed by atoms with van der Waals surface area (Å²) in [6, 6.07) is 3.44. The van der Waals surface area contributed by atoms with Crippen molar-refractivity contribution in [2.75, 3.05) is 6.61 Å². The summed E-state index contributed by atoms with van der Waals surface area (Å²) in [6.45, 7) is 2.10. The van der Waals surface area contributed by atoms with E-state index < -0.39 is 5.97 Å². The van der Waals surface area contributed by atoms with Gasteiger partial charge < -0.3 is 10.2 Å².